The summed E-state index contributed by atoms with van der Waals surface area (Å²) in [6, 6.07) is 4.76. The Morgan fingerprint density at radius 3 is 2.47 bits per heavy atom. The van der Waals surface area contributed by atoms with E-state index >= 15 is 0 Å². The molecular weight excluding hydrogens is 261 g/mol. The second kappa shape index (κ2) is 4.30. The average molecular weight is 270 g/mol. The molecule has 0 atom stereocenters. The van der Waals surface area contributed by atoms with Crippen LogP contribution in [0.25, 0.3) is 11.3 Å². The number of nitrogens with zero attached hydrogens (tertiary/aromatic N) is 2. The Labute approximate surface area is 105 Å². The highest BCUT2D eigenvalue weighted by molar-refractivity contribution is 5.99. The van der Waals surface area contributed by atoms with E-state index < -0.39 is 17.6 Å². The zero-order valence-electron chi connectivity index (χ0n) is 9.48. The Morgan fingerprint density at radius 2 is 1.89 bits per heavy atom. The minimum atomic E-state index is -4.57. The van der Waals surface area contributed by atoms with Crippen LogP contribution in [-0.4, -0.2) is 15.8 Å². The molecule has 0 spiro atoms. The Hall–Kier alpha value is -2.51. The second-order valence-corrected chi connectivity index (χ2v) is 3.78. The first kappa shape index (κ1) is 12.9. The van der Waals surface area contributed by atoms with E-state index in [9.17, 15) is 18.0 Å². The van der Waals surface area contributed by atoms with Crippen molar-refractivity contribution in [2.45, 2.75) is 6.18 Å². The largest absolute Gasteiger partial charge is 0.417 e. The molecule has 0 aliphatic carbocycles. The molecule has 1 amide bonds. The highest BCUT2D eigenvalue weighted by Gasteiger charge is 2.34. The number of benzene rings is 1. The Balaban J connectivity index is 2.70. The van der Waals surface area contributed by atoms with Crippen LogP contribution in [-0.2, 0) is 6.18 Å². The van der Waals surface area contributed by atoms with E-state index in [2.05, 4.69) is 5.10 Å². The molecule has 1 heterocycles. The van der Waals surface area contributed by atoms with E-state index in [1.807, 2.05) is 0 Å². The number of nitrogen functional groups attached to an aromatic ring is 1. The molecule has 0 aliphatic heterocycles. The normalized spacial score (nSPS) is 11.5. The molecule has 1 aromatic carbocycles. The van der Waals surface area contributed by atoms with Crippen molar-refractivity contribution >= 4 is 5.91 Å². The van der Waals surface area contributed by atoms with Crippen LogP contribution in [0.5, 0.6) is 0 Å². The van der Waals surface area contributed by atoms with Gasteiger partial charge in [-0.1, -0.05) is 18.2 Å². The fourth-order valence-corrected chi connectivity index (χ4v) is 1.71. The maximum absolute atomic E-state index is 12.9. The van der Waals surface area contributed by atoms with E-state index in [0.29, 0.717) is 0 Å². The van der Waals surface area contributed by atoms with Gasteiger partial charge in [-0.2, -0.15) is 23.1 Å². The highest BCUT2D eigenvalue weighted by Crippen LogP contribution is 2.37. The molecule has 0 bridgehead atoms. The van der Waals surface area contributed by atoms with E-state index in [-0.39, 0.29) is 16.8 Å². The van der Waals surface area contributed by atoms with Gasteiger partial charge in [0.05, 0.1) is 17.3 Å². The summed E-state index contributed by atoms with van der Waals surface area (Å²) < 4.78 is 38.7. The molecule has 2 aromatic rings. The van der Waals surface area contributed by atoms with Gasteiger partial charge in [-0.15, -0.1) is 0 Å². The molecule has 19 heavy (non-hydrogen) atoms. The fourth-order valence-electron chi connectivity index (χ4n) is 1.71. The fraction of sp³-hybridized carbons (Fsp3) is 0.0909. The van der Waals surface area contributed by atoms with Crippen LogP contribution in [0, 0.1) is 0 Å². The number of aromatic nitrogens is 2. The number of primary amides is 1. The van der Waals surface area contributed by atoms with Gasteiger partial charge in [0.25, 0.3) is 5.91 Å². The second-order valence-electron chi connectivity index (χ2n) is 3.78. The number of nitrogens with two attached hydrogens (primary N) is 2. The Kier molecular flexibility index (Phi) is 2.93. The number of amides is 1. The summed E-state index contributed by atoms with van der Waals surface area (Å²) in [5, 5.41) is 3.67. The van der Waals surface area contributed by atoms with E-state index in [4.69, 9.17) is 11.6 Å². The predicted molar refractivity (Wildman–Crippen MR) is 61.3 cm³/mol. The third-order valence-electron chi connectivity index (χ3n) is 2.49. The molecule has 4 N–H and O–H groups in total. The van der Waals surface area contributed by atoms with Crippen LogP contribution in [0.15, 0.2) is 30.5 Å². The minimum absolute atomic E-state index is 0.167. The van der Waals surface area contributed by atoms with Gasteiger partial charge >= 0.3 is 6.18 Å². The lowest BCUT2D eigenvalue weighted by atomic mass is 10.0. The molecule has 0 saturated carbocycles. The number of carbonyl (C=O) groups is 1. The van der Waals surface area contributed by atoms with Crippen molar-refractivity contribution in [2.75, 3.05) is 5.84 Å². The summed E-state index contributed by atoms with van der Waals surface area (Å²) in [6.07, 6.45) is -3.49. The molecule has 5 nitrogen and oxygen atoms in total. The third kappa shape index (κ3) is 2.37. The van der Waals surface area contributed by atoms with E-state index in [0.717, 1.165) is 17.1 Å². The van der Waals surface area contributed by atoms with Crippen molar-refractivity contribution in [3.8, 4) is 11.3 Å². The molecule has 0 unspecified atom stereocenters. The number of hydrogen-bond acceptors (Lipinski definition) is 3. The molecule has 0 radical (unpaired) electrons. The van der Waals surface area contributed by atoms with Gasteiger partial charge in [0.1, 0.15) is 5.69 Å². The topological polar surface area (TPSA) is 86.9 Å². The van der Waals surface area contributed by atoms with Gasteiger partial charge in [-0.3, -0.25) is 4.79 Å². The van der Waals surface area contributed by atoms with Gasteiger partial charge < -0.3 is 11.6 Å². The molecule has 8 heteroatoms. The van der Waals surface area contributed by atoms with Crippen LogP contribution < -0.4 is 11.6 Å². The summed E-state index contributed by atoms with van der Waals surface area (Å²) in [5.41, 5.74) is 3.59. The van der Waals surface area contributed by atoms with E-state index in [1.165, 1.54) is 18.2 Å². The molecule has 100 valence electrons. The number of carbonyl (C=O) groups excluding carboxylic acids is 1. The molecule has 0 aliphatic rings. The van der Waals surface area contributed by atoms with Crippen molar-refractivity contribution in [2.24, 2.45) is 5.73 Å². The number of hydrogen-bond donors (Lipinski definition) is 2. The van der Waals surface area contributed by atoms with Crippen LogP contribution in [0.2, 0.25) is 0 Å². The molecule has 1 aromatic heterocycles. The maximum atomic E-state index is 12.9. The first-order chi connectivity index (χ1) is 8.80. The quantitative estimate of drug-likeness (QED) is 0.808. The summed E-state index contributed by atoms with van der Waals surface area (Å²) in [6.45, 7) is 0. The van der Waals surface area contributed by atoms with E-state index in [1.54, 1.807) is 0 Å². The molecular formula is C11H9F3N4O. The summed E-state index contributed by atoms with van der Waals surface area (Å²) in [4.78, 5) is 12.0. The lowest BCUT2D eigenvalue weighted by molar-refractivity contribution is -0.137. The average Bonchev–Trinajstić information content (AvgIpc) is 2.70. The summed E-state index contributed by atoms with van der Waals surface area (Å²) in [5.74, 6) is 4.43. The van der Waals surface area contributed by atoms with Crippen molar-refractivity contribution in [1.82, 2.24) is 9.89 Å². The van der Waals surface area contributed by atoms with Crippen LogP contribution in [0.3, 0.4) is 0 Å². The number of halogens is 3. The van der Waals surface area contributed by atoms with Crippen LogP contribution in [0.1, 0.15) is 15.9 Å². The summed E-state index contributed by atoms with van der Waals surface area (Å²) >= 11 is 0. The van der Waals surface area contributed by atoms with Crippen LogP contribution >= 0.6 is 0 Å². The molecule has 2 rings (SSSR count). The minimum Gasteiger partial charge on any atom is -0.365 e. The first-order valence-corrected chi connectivity index (χ1v) is 5.12. The monoisotopic (exact) mass is 270 g/mol. The van der Waals surface area contributed by atoms with Gasteiger partial charge in [0.15, 0.2) is 0 Å². The lowest BCUT2D eigenvalue weighted by Crippen LogP contribution is -2.13. The summed E-state index contributed by atoms with van der Waals surface area (Å²) in [7, 11) is 0. The Bertz CT molecular complexity index is 633. The first-order valence-electron chi connectivity index (χ1n) is 5.12. The lowest BCUT2D eigenvalue weighted by Gasteiger charge is -2.11. The van der Waals surface area contributed by atoms with Gasteiger partial charge in [-0.05, 0) is 6.07 Å². The predicted octanol–water partition coefficient (Wildman–Crippen LogP) is 1.38. The van der Waals surface area contributed by atoms with Crippen LogP contribution in [0.4, 0.5) is 13.2 Å². The van der Waals surface area contributed by atoms with Gasteiger partial charge in [0, 0.05) is 5.56 Å². The smallest absolute Gasteiger partial charge is 0.365 e. The van der Waals surface area contributed by atoms with Crippen molar-refractivity contribution < 1.29 is 18.0 Å². The van der Waals surface area contributed by atoms with Gasteiger partial charge in [0.2, 0.25) is 0 Å². The zero-order valence-corrected chi connectivity index (χ0v) is 9.48. The SMILES string of the molecule is NC(=O)c1cn(N)nc1-c1ccccc1C(F)(F)F. The Morgan fingerprint density at radius 1 is 1.26 bits per heavy atom. The third-order valence-corrected chi connectivity index (χ3v) is 2.49. The highest BCUT2D eigenvalue weighted by atomic mass is 19.4. The van der Waals surface area contributed by atoms with Crippen molar-refractivity contribution in [3.63, 3.8) is 0 Å². The molecule has 0 fully saturated rings. The standard InChI is InChI=1S/C11H9F3N4O/c12-11(13,14)8-4-2-1-3-6(8)9-7(10(15)19)5-18(16)17-9/h1-5H,16H2,(H2,15,19). The number of alkyl halides is 3. The van der Waals surface area contributed by atoms with Gasteiger partial charge in [-0.25, -0.2) is 0 Å². The van der Waals surface area contributed by atoms with Crippen molar-refractivity contribution in [1.29, 1.82) is 0 Å². The molecule has 0 saturated heterocycles. The maximum Gasteiger partial charge on any atom is 0.417 e. The zero-order chi connectivity index (χ0) is 14.2. The van der Waals surface area contributed by atoms with Crippen molar-refractivity contribution in [3.05, 3.63) is 41.6 Å². The number of rotatable bonds is 2.